The second-order valence-corrected chi connectivity index (χ2v) is 7.76. The molecule has 0 atom stereocenters. The third kappa shape index (κ3) is 6.15. The van der Waals surface area contributed by atoms with Crippen molar-refractivity contribution in [1.82, 2.24) is 15.0 Å². The minimum Gasteiger partial charge on any atom is -0.497 e. The van der Waals surface area contributed by atoms with E-state index >= 15 is 0 Å². The van der Waals surface area contributed by atoms with E-state index in [1.807, 2.05) is 24.3 Å². The van der Waals surface area contributed by atoms with E-state index in [2.05, 4.69) is 35.7 Å². The number of aromatic nitrogens is 3. The van der Waals surface area contributed by atoms with Crippen molar-refractivity contribution in [2.24, 2.45) is 5.10 Å². The first-order valence-electron chi connectivity index (χ1n) is 11.1. The van der Waals surface area contributed by atoms with Gasteiger partial charge in [0.1, 0.15) is 5.75 Å². The molecule has 11 heteroatoms. The van der Waals surface area contributed by atoms with Crippen LogP contribution in [0.5, 0.6) is 5.75 Å². The van der Waals surface area contributed by atoms with Crippen LogP contribution in [0.4, 0.5) is 29.2 Å². The van der Waals surface area contributed by atoms with Gasteiger partial charge in [-0.3, -0.25) is 10.1 Å². The predicted octanol–water partition coefficient (Wildman–Crippen LogP) is 4.36. The molecule has 1 aliphatic heterocycles. The molecule has 34 heavy (non-hydrogen) atoms. The fourth-order valence-electron chi connectivity index (χ4n) is 3.53. The normalized spacial score (nSPS) is 14.0. The average Bonchev–Trinajstić information content (AvgIpc) is 3.14. The van der Waals surface area contributed by atoms with Gasteiger partial charge in [-0.05, 0) is 54.8 Å². The third-order valence-electron chi connectivity index (χ3n) is 5.34. The van der Waals surface area contributed by atoms with E-state index in [0.29, 0.717) is 23.5 Å². The van der Waals surface area contributed by atoms with Gasteiger partial charge in [0.15, 0.2) is 0 Å². The van der Waals surface area contributed by atoms with Gasteiger partial charge >= 0.3 is 0 Å². The van der Waals surface area contributed by atoms with Crippen molar-refractivity contribution in [3.8, 4) is 5.75 Å². The topological polar surface area (TPSA) is 131 Å². The van der Waals surface area contributed by atoms with Crippen molar-refractivity contribution in [1.29, 1.82) is 0 Å². The number of non-ortho nitro benzene ring substituents is 1. The number of nitrogens with zero attached hydrogens (tertiary/aromatic N) is 6. The van der Waals surface area contributed by atoms with E-state index in [4.69, 9.17) is 4.74 Å². The monoisotopic (exact) mass is 462 g/mol. The number of hydrazone groups is 1. The van der Waals surface area contributed by atoms with Crippen LogP contribution in [-0.2, 0) is 0 Å². The summed E-state index contributed by atoms with van der Waals surface area (Å²) in [6.07, 6.45) is 6.20. The number of benzene rings is 2. The summed E-state index contributed by atoms with van der Waals surface area (Å²) in [5, 5.41) is 18.3. The summed E-state index contributed by atoms with van der Waals surface area (Å²) in [4.78, 5) is 26.2. The summed E-state index contributed by atoms with van der Waals surface area (Å²) >= 11 is 0. The summed E-state index contributed by atoms with van der Waals surface area (Å²) in [7, 11) is 1.62. The Labute approximate surface area is 197 Å². The Hall–Kier alpha value is -4.28. The van der Waals surface area contributed by atoms with E-state index in [9.17, 15) is 10.1 Å². The van der Waals surface area contributed by atoms with Crippen LogP contribution in [-0.4, -0.2) is 46.3 Å². The van der Waals surface area contributed by atoms with E-state index in [1.165, 1.54) is 25.0 Å². The zero-order valence-electron chi connectivity index (χ0n) is 18.8. The van der Waals surface area contributed by atoms with Crippen LogP contribution in [0, 0.1) is 10.1 Å². The van der Waals surface area contributed by atoms with Crippen LogP contribution in [0.25, 0.3) is 0 Å². The first-order chi connectivity index (χ1) is 16.6. The van der Waals surface area contributed by atoms with Crippen molar-refractivity contribution < 1.29 is 9.66 Å². The largest absolute Gasteiger partial charge is 0.497 e. The molecule has 0 bridgehead atoms. The Morgan fingerprint density at radius 3 is 2.29 bits per heavy atom. The van der Waals surface area contributed by atoms with Crippen molar-refractivity contribution >= 4 is 35.4 Å². The Bertz CT molecular complexity index is 1130. The van der Waals surface area contributed by atoms with Crippen LogP contribution in [0.1, 0.15) is 31.2 Å². The van der Waals surface area contributed by atoms with Crippen molar-refractivity contribution in [3.63, 3.8) is 0 Å². The molecule has 0 radical (unpaired) electrons. The first kappa shape index (κ1) is 22.9. The highest BCUT2D eigenvalue weighted by atomic mass is 16.6. The molecule has 0 aliphatic carbocycles. The summed E-state index contributed by atoms with van der Waals surface area (Å²) in [6, 6.07) is 13.6. The highest BCUT2D eigenvalue weighted by Crippen LogP contribution is 2.22. The number of ether oxygens (including phenoxy) is 1. The summed E-state index contributed by atoms with van der Waals surface area (Å²) in [5.41, 5.74) is 4.42. The van der Waals surface area contributed by atoms with Gasteiger partial charge in [-0.2, -0.15) is 20.1 Å². The fraction of sp³-hybridized carbons (Fsp3) is 0.304. The molecule has 0 unspecified atom stereocenters. The van der Waals surface area contributed by atoms with Crippen LogP contribution in [0.15, 0.2) is 53.6 Å². The molecular weight excluding hydrogens is 436 g/mol. The molecule has 1 saturated heterocycles. The number of hydrogen-bond acceptors (Lipinski definition) is 10. The molecule has 2 heterocycles. The Balaban J connectivity index is 1.55. The summed E-state index contributed by atoms with van der Waals surface area (Å²) in [6.45, 7) is 1.74. The molecule has 0 amide bonds. The number of anilines is 4. The lowest BCUT2D eigenvalue weighted by Crippen LogP contribution is -2.26. The zero-order valence-corrected chi connectivity index (χ0v) is 18.8. The summed E-state index contributed by atoms with van der Waals surface area (Å²) < 4.78 is 5.17. The highest BCUT2D eigenvalue weighted by molar-refractivity contribution is 5.80. The number of rotatable bonds is 8. The van der Waals surface area contributed by atoms with Crippen molar-refractivity contribution in [2.75, 3.05) is 35.8 Å². The Kier molecular flexibility index (Phi) is 7.43. The molecule has 176 valence electrons. The smallest absolute Gasteiger partial charge is 0.269 e. The van der Waals surface area contributed by atoms with E-state index in [1.54, 1.807) is 25.5 Å². The standard InChI is InChI=1S/C23H26N8O3/c1-34-20-12-6-17(7-13-20)16-24-29-22-26-21(25-18-8-10-19(11-9-18)31(32)33)27-23(28-22)30-14-4-2-3-5-15-30/h6-13,16H,2-5,14-15H2,1H3,(H2,25,26,27,28,29). The van der Waals surface area contributed by atoms with Gasteiger partial charge in [0.05, 0.1) is 18.2 Å². The van der Waals surface area contributed by atoms with Crippen molar-refractivity contribution in [2.45, 2.75) is 25.7 Å². The Morgan fingerprint density at radius 2 is 1.65 bits per heavy atom. The van der Waals surface area contributed by atoms with E-state index in [-0.39, 0.29) is 5.69 Å². The van der Waals surface area contributed by atoms with E-state index in [0.717, 1.165) is 37.2 Å². The molecule has 2 aromatic carbocycles. The van der Waals surface area contributed by atoms with E-state index < -0.39 is 4.92 Å². The molecule has 11 nitrogen and oxygen atoms in total. The molecule has 1 fully saturated rings. The van der Waals surface area contributed by atoms with Crippen LogP contribution >= 0.6 is 0 Å². The third-order valence-corrected chi connectivity index (χ3v) is 5.34. The van der Waals surface area contributed by atoms with Gasteiger partial charge in [0.2, 0.25) is 17.8 Å². The predicted molar refractivity (Wildman–Crippen MR) is 131 cm³/mol. The molecule has 2 N–H and O–H groups in total. The van der Waals surface area contributed by atoms with Gasteiger partial charge in [0, 0.05) is 30.9 Å². The lowest BCUT2D eigenvalue weighted by atomic mass is 10.2. The molecule has 0 saturated carbocycles. The molecular formula is C23H26N8O3. The second-order valence-electron chi connectivity index (χ2n) is 7.76. The maximum Gasteiger partial charge on any atom is 0.269 e. The second kappa shape index (κ2) is 11.0. The lowest BCUT2D eigenvalue weighted by molar-refractivity contribution is -0.384. The molecule has 1 aliphatic rings. The Morgan fingerprint density at radius 1 is 0.971 bits per heavy atom. The van der Waals surface area contributed by atoms with Crippen LogP contribution < -0.4 is 20.4 Å². The van der Waals surface area contributed by atoms with Crippen LogP contribution in [0.3, 0.4) is 0 Å². The maximum atomic E-state index is 10.9. The zero-order chi connectivity index (χ0) is 23.8. The summed E-state index contributed by atoms with van der Waals surface area (Å²) in [5.74, 6) is 1.95. The molecule has 3 aromatic rings. The van der Waals surface area contributed by atoms with Gasteiger partial charge in [-0.15, -0.1) is 0 Å². The van der Waals surface area contributed by atoms with Gasteiger partial charge in [0.25, 0.3) is 5.69 Å². The molecule has 4 rings (SSSR count). The number of methoxy groups -OCH3 is 1. The SMILES string of the molecule is COc1ccc(C=NNc2nc(Nc3ccc([N+](=O)[O-])cc3)nc(N3CCCCCC3)n2)cc1. The molecule has 0 spiro atoms. The quantitative estimate of drug-likeness (QED) is 0.285. The number of nitro benzene ring substituents is 1. The highest BCUT2D eigenvalue weighted by Gasteiger charge is 2.16. The minimum absolute atomic E-state index is 0.0154. The lowest BCUT2D eigenvalue weighted by Gasteiger charge is -2.21. The number of nitrogens with one attached hydrogen (secondary N) is 2. The van der Waals surface area contributed by atoms with Crippen LogP contribution in [0.2, 0.25) is 0 Å². The molecule has 1 aromatic heterocycles. The fourth-order valence-corrected chi connectivity index (χ4v) is 3.53. The average molecular weight is 463 g/mol. The van der Waals surface area contributed by atoms with Gasteiger partial charge in [-0.25, -0.2) is 5.43 Å². The maximum absolute atomic E-state index is 10.9. The number of hydrogen-bond donors (Lipinski definition) is 2. The minimum atomic E-state index is -0.437. The number of nitro groups is 1. The van der Waals surface area contributed by atoms with Gasteiger partial charge in [-0.1, -0.05) is 12.8 Å². The van der Waals surface area contributed by atoms with Gasteiger partial charge < -0.3 is 15.0 Å². The first-order valence-corrected chi connectivity index (χ1v) is 11.1. The van der Waals surface area contributed by atoms with Crippen molar-refractivity contribution in [3.05, 3.63) is 64.2 Å².